The van der Waals surface area contributed by atoms with Crippen molar-refractivity contribution in [3.8, 4) is 11.3 Å². The quantitative estimate of drug-likeness (QED) is 0.700. The van der Waals surface area contributed by atoms with Crippen molar-refractivity contribution in [3.63, 3.8) is 0 Å². The number of hydrogen-bond acceptors (Lipinski definition) is 5. The molecule has 0 aliphatic carbocycles. The third-order valence-corrected chi connectivity index (χ3v) is 6.25. The van der Waals surface area contributed by atoms with Crippen molar-refractivity contribution >= 4 is 11.5 Å². The summed E-state index contributed by atoms with van der Waals surface area (Å²) in [4.78, 5) is 14.2. The summed E-state index contributed by atoms with van der Waals surface area (Å²) in [5, 5.41) is 4.99. The topological polar surface area (TPSA) is 49.6 Å². The molecule has 0 N–H and O–H groups in total. The number of likely N-dealkylation sites (tertiary alicyclic amines) is 1. The number of imidazole rings is 1. The van der Waals surface area contributed by atoms with Gasteiger partial charge in [-0.3, -0.25) is 4.98 Å². The van der Waals surface area contributed by atoms with Crippen LogP contribution in [0.5, 0.6) is 0 Å². The number of rotatable bonds is 3. The van der Waals surface area contributed by atoms with Gasteiger partial charge < -0.3 is 9.80 Å². The van der Waals surface area contributed by atoms with E-state index in [1.165, 1.54) is 38.8 Å². The molecule has 6 nitrogen and oxygen atoms in total. The van der Waals surface area contributed by atoms with E-state index in [4.69, 9.17) is 10.1 Å². The predicted octanol–water partition coefficient (Wildman–Crippen LogP) is 3.47. The zero-order valence-electron chi connectivity index (χ0n) is 16.8. The van der Waals surface area contributed by atoms with Gasteiger partial charge in [0.2, 0.25) is 0 Å². The Kier molecular flexibility index (Phi) is 4.51. The summed E-state index contributed by atoms with van der Waals surface area (Å²) in [6, 6.07) is 9.12. The Hall–Kier alpha value is -2.47. The number of hydrogen-bond donors (Lipinski definition) is 0. The van der Waals surface area contributed by atoms with Crippen molar-refractivity contribution in [1.82, 2.24) is 24.5 Å². The van der Waals surface area contributed by atoms with Crippen LogP contribution in [0.3, 0.4) is 0 Å². The minimum absolute atomic E-state index is 0.758. The van der Waals surface area contributed by atoms with Crippen LogP contribution in [0.4, 0.5) is 5.82 Å². The number of aryl methyl sites for hydroxylation is 2. The van der Waals surface area contributed by atoms with Gasteiger partial charge in [0, 0.05) is 36.6 Å². The Morgan fingerprint density at radius 2 is 1.75 bits per heavy atom. The highest BCUT2D eigenvalue weighted by Crippen LogP contribution is 2.27. The lowest BCUT2D eigenvalue weighted by atomic mass is 10.0. The second-order valence-corrected chi connectivity index (χ2v) is 8.15. The molecule has 0 spiro atoms. The minimum atomic E-state index is 0.758. The molecule has 6 heteroatoms. The van der Waals surface area contributed by atoms with Gasteiger partial charge in [0.1, 0.15) is 5.82 Å². The highest BCUT2D eigenvalue weighted by atomic mass is 15.3. The highest BCUT2D eigenvalue weighted by molar-refractivity contribution is 5.67. The maximum Gasteiger partial charge on any atom is 0.154 e. The van der Waals surface area contributed by atoms with E-state index >= 15 is 0 Å². The van der Waals surface area contributed by atoms with Gasteiger partial charge >= 0.3 is 0 Å². The Labute approximate surface area is 166 Å². The van der Waals surface area contributed by atoms with Gasteiger partial charge in [-0.1, -0.05) is 0 Å². The van der Waals surface area contributed by atoms with Crippen LogP contribution in [0.1, 0.15) is 37.1 Å². The van der Waals surface area contributed by atoms with Crippen molar-refractivity contribution in [2.75, 3.05) is 31.1 Å². The van der Waals surface area contributed by atoms with E-state index in [-0.39, 0.29) is 0 Å². The number of nitrogens with zero attached hydrogens (tertiary/aromatic N) is 6. The Morgan fingerprint density at radius 1 is 0.964 bits per heavy atom. The molecule has 0 bridgehead atoms. The lowest BCUT2D eigenvalue weighted by Crippen LogP contribution is -2.44. The molecule has 28 heavy (non-hydrogen) atoms. The molecule has 0 atom stereocenters. The summed E-state index contributed by atoms with van der Waals surface area (Å²) < 4.78 is 2.01. The fourth-order valence-corrected chi connectivity index (χ4v) is 4.79. The fraction of sp³-hybridized carbons (Fsp3) is 0.500. The number of fused-ring (bicyclic) bond motifs is 1. The second kappa shape index (κ2) is 7.17. The van der Waals surface area contributed by atoms with Crippen LogP contribution in [0.15, 0.2) is 30.5 Å². The average molecular weight is 377 g/mol. The smallest absolute Gasteiger partial charge is 0.154 e. The molecule has 0 radical (unpaired) electrons. The molecule has 0 unspecified atom stereocenters. The molecule has 2 aliphatic heterocycles. The molecule has 2 fully saturated rings. The summed E-state index contributed by atoms with van der Waals surface area (Å²) in [6.45, 7) is 8.82. The molecule has 3 aromatic rings. The van der Waals surface area contributed by atoms with Crippen LogP contribution in [-0.2, 0) is 0 Å². The molecular formula is C22H28N6. The number of anilines is 1. The first-order chi connectivity index (χ1) is 13.7. The molecular weight excluding hydrogens is 348 g/mol. The normalized spacial score (nSPS) is 19.0. The summed E-state index contributed by atoms with van der Waals surface area (Å²) in [6.07, 6.45) is 7.07. The molecule has 0 aromatic carbocycles. The summed E-state index contributed by atoms with van der Waals surface area (Å²) in [7, 11) is 0. The minimum Gasteiger partial charge on any atom is -0.355 e. The van der Waals surface area contributed by atoms with E-state index in [9.17, 15) is 0 Å². The molecule has 146 valence electrons. The van der Waals surface area contributed by atoms with Crippen molar-refractivity contribution in [1.29, 1.82) is 0 Å². The van der Waals surface area contributed by atoms with Crippen molar-refractivity contribution in [3.05, 3.63) is 41.9 Å². The third-order valence-electron chi connectivity index (χ3n) is 6.25. The van der Waals surface area contributed by atoms with E-state index in [0.717, 1.165) is 53.2 Å². The van der Waals surface area contributed by atoms with E-state index in [1.807, 2.05) is 23.7 Å². The lowest BCUT2D eigenvalue weighted by Gasteiger charge is -2.37. The first-order valence-corrected chi connectivity index (χ1v) is 10.5. The monoisotopic (exact) mass is 376 g/mol. The summed E-state index contributed by atoms with van der Waals surface area (Å²) in [5.41, 5.74) is 5.09. The van der Waals surface area contributed by atoms with Gasteiger partial charge in [-0.05, 0) is 76.9 Å². The second-order valence-electron chi connectivity index (χ2n) is 8.15. The lowest BCUT2D eigenvalue weighted by molar-refractivity contribution is 0.207. The number of pyridine rings is 1. The Bertz CT molecular complexity index is 980. The fourth-order valence-electron chi connectivity index (χ4n) is 4.79. The molecule has 2 aliphatic rings. The predicted molar refractivity (Wildman–Crippen MR) is 112 cm³/mol. The molecule has 5 heterocycles. The van der Waals surface area contributed by atoms with Crippen molar-refractivity contribution in [2.24, 2.45) is 0 Å². The van der Waals surface area contributed by atoms with Crippen LogP contribution in [0.2, 0.25) is 0 Å². The van der Waals surface area contributed by atoms with E-state index in [1.54, 1.807) is 0 Å². The zero-order valence-corrected chi connectivity index (χ0v) is 16.8. The summed E-state index contributed by atoms with van der Waals surface area (Å²) >= 11 is 0. The van der Waals surface area contributed by atoms with Crippen molar-refractivity contribution < 1.29 is 0 Å². The molecule has 0 amide bonds. The largest absolute Gasteiger partial charge is 0.355 e. The average Bonchev–Trinajstić information content (AvgIpc) is 3.35. The molecule has 2 saturated heterocycles. The van der Waals surface area contributed by atoms with Crippen LogP contribution >= 0.6 is 0 Å². The van der Waals surface area contributed by atoms with Gasteiger partial charge in [0.25, 0.3) is 0 Å². The molecule has 0 saturated carbocycles. The van der Waals surface area contributed by atoms with E-state index in [0.29, 0.717) is 0 Å². The Balaban J connectivity index is 1.43. The van der Waals surface area contributed by atoms with Crippen molar-refractivity contribution in [2.45, 2.75) is 45.6 Å². The van der Waals surface area contributed by atoms with Gasteiger partial charge in [0.15, 0.2) is 5.65 Å². The number of piperidine rings is 1. The standard InChI is InChI=1S/C22H28N6/c1-16-15-18(7-10-23-16)22-17(2)24-20-5-6-21(25-28(20)22)27-13-8-19(9-14-27)26-11-3-4-12-26/h5-7,10,15,19H,3-4,8-9,11-14H2,1-2H3. The molecule has 5 rings (SSSR count). The van der Waals surface area contributed by atoms with Gasteiger partial charge in [-0.25, -0.2) is 9.50 Å². The van der Waals surface area contributed by atoms with Gasteiger partial charge in [0.05, 0.1) is 11.4 Å². The summed E-state index contributed by atoms with van der Waals surface area (Å²) in [5.74, 6) is 1.05. The number of aromatic nitrogens is 4. The Morgan fingerprint density at radius 3 is 2.50 bits per heavy atom. The SMILES string of the molecule is Cc1cc(-c2c(C)nc3ccc(N4CCC(N5CCCC5)CC4)nn23)ccn1. The van der Waals surface area contributed by atoms with Gasteiger partial charge in [-0.2, -0.15) is 0 Å². The highest BCUT2D eigenvalue weighted by Gasteiger charge is 2.27. The van der Waals surface area contributed by atoms with Crippen LogP contribution in [0, 0.1) is 13.8 Å². The van der Waals surface area contributed by atoms with Gasteiger partial charge in [-0.15, -0.1) is 5.10 Å². The maximum atomic E-state index is 4.99. The first kappa shape index (κ1) is 17.6. The third kappa shape index (κ3) is 3.15. The maximum absolute atomic E-state index is 4.99. The molecule has 3 aromatic heterocycles. The van der Waals surface area contributed by atoms with E-state index < -0.39 is 0 Å². The van der Waals surface area contributed by atoms with E-state index in [2.05, 4.69) is 39.9 Å². The van der Waals surface area contributed by atoms with Crippen LogP contribution < -0.4 is 4.90 Å². The first-order valence-electron chi connectivity index (χ1n) is 10.5. The van der Waals surface area contributed by atoms with Crippen LogP contribution in [0.25, 0.3) is 16.9 Å². The van der Waals surface area contributed by atoms with Crippen LogP contribution in [-0.4, -0.2) is 56.7 Å². The zero-order chi connectivity index (χ0) is 19.1.